The minimum atomic E-state index is -0.806. The van der Waals surface area contributed by atoms with E-state index < -0.39 is 23.7 Å². The van der Waals surface area contributed by atoms with Crippen molar-refractivity contribution in [3.05, 3.63) is 82.9 Å². The first-order chi connectivity index (χ1) is 20.2. The Labute approximate surface area is 243 Å². The molecule has 3 heterocycles. The van der Waals surface area contributed by atoms with Gasteiger partial charge in [0.2, 0.25) is 11.8 Å². The maximum Gasteiger partial charge on any atom is 0.269 e. The minimum absolute atomic E-state index is 0.0148. The zero-order valence-electron chi connectivity index (χ0n) is 22.1. The monoisotopic (exact) mass is 589 g/mol. The molecule has 0 unspecified atom stereocenters. The summed E-state index contributed by atoms with van der Waals surface area (Å²) >= 11 is 5.96. The van der Waals surface area contributed by atoms with E-state index in [0.717, 1.165) is 19.3 Å². The SMILES string of the molecule is NC(=O)c1nn(CC(=O)N2[C@@H]3CC[C@@H](C3)[C@H]2C(=O)Nc2cccc(Cl)n2)c2ccc(NC(=O)c3ccc(F)cc3)cc12. The number of carbonyl (C=O) groups is 4. The van der Waals surface area contributed by atoms with Crippen molar-refractivity contribution in [2.24, 2.45) is 11.7 Å². The van der Waals surface area contributed by atoms with Crippen LogP contribution in [-0.4, -0.2) is 55.4 Å². The van der Waals surface area contributed by atoms with Crippen molar-refractivity contribution < 1.29 is 23.6 Å². The number of benzene rings is 2. The van der Waals surface area contributed by atoms with Crippen LogP contribution >= 0.6 is 11.6 Å². The Hall–Kier alpha value is -4.84. The number of nitrogens with one attached hydrogen (secondary N) is 2. The maximum atomic E-state index is 13.7. The van der Waals surface area contributed by atoms with Crippen molar-refractivity contribution in [1.29, 1.82) is 0 Å². The van der Waals surface area contributed by atoms with Crippen molar-refractivity contribution in [3.63, 3.8) is 0 Å². The van der Waals surface area contributed by atoms with Gasteiger partial charge < -0.3 is 21.3 Å². The molecule has 6 rings (SSSR count). The Kier molecular flexibility index (Phi) is 7.07. The summed E-state index contributed by atoms with van der Waals surface area (Å²) < 4.78 is 14.6. The number of piperidine rings is 1. The lowest BCUT2D eigenvalue weighted by Crippen LogP contribution is -2.52. The van der Waals surface area contributed by atoms with Gasteiger partial charge >= 0.3 is 0 Å². The quantitative estimate of drug-likeness (QED) is 0.280. The number of carbonyl (C=O) groups excluding carboxylic acids is 4. The van der Waals surface area contributed by atoms with Crippen LogP contribution < -0.4 is 16.4 Å². The van der Waals surface area contributed by atoms with E-state index in [-0.39, 0.29) is 46.7 Å². The molecule has 1 saturated heterocycles. The summed E-state index contributed by atoms with van der Waals surface area (Å²) in [6.45, 7) is -0.229. The van der Waals surface area contributed by atoms with E-state index in [0.29, 0.717) is 22.4 Å². The number of rotatable bonds is 7. The number of aromatic nitrogens is 3. The minimum Gasteiger partial charge on any atom is -0.364 e. The van der Waals surface area contributed by atoms with E-state index in [1.54, 1.807) is 35.2 Å². The number of halogens is 2. The number of anilines is 2. The van der Waals surface area contributed by atoms with Crippen molar-refractivity contribution >= 4 is 57.6 Å². The molecular formula is C29H25ClFN7O4. The van der Waals surface area contributed by atoms with Crippen molar-refractivity contribution in [2.45, 2.75) is 37.9 Å². The number of likely N-dealkylation sites (tertiary alicyclic amines) is 1. The molecule has 2 aromatic carbocycles. The third-order valence-corrected chi connectivity index (χ3v) is 7.95. The maximum absolute atomic E-state index is 13.7. The molecule has 2 bridgehead atoms. The second-order valence-electron chi connectivity index (χ2n) is 10.4. The molecule has 1 aliphatic heterocycles. The van der Waals surface area contributed by atoms with Gasteiger partial charge in [-0.05, 0) is 79.8 Å². The molecule has 1 aliphatic carbocycles. The highest BCUT2D eigenvalue weighted by atomic mass is 35.5. The molecule has 4 N–H and O–H groups in total. The van der Waals surface area contributed by atoms with Gasteiger partial charge in [-0.1, -0.05) is 17.7 Å². The first-order valence-corrected chi connectivity index (χ1v) is 13.7. The van der Waals surface area contributed by atoms with E-state index in [9.17, 15) is 23.6 Å². The Morgan fingerprint density at radius 2 is 1.81 bits per heavy atom. The zero-order chi connectivity index (χ0) is 29.5. The normalized spacial score (nSPS) is 19.2. The fraction of sp³-hybridized carbons (Fsp3) is 0.241. The highest BCUT2D eigenvalue weighted by Crippen LogP contribution is 2.43. The third-order valence-electron chi connectivity index (χ3n) is 7.74. The molecule has 3 atom stereocenters. The van der Waals surface area contributed by atoms with Gasteiger partial charge in [0.05, 0.1) is 5.52 Å². The van der Waals surface area contributed by atoms with E-state index >= 15 is 0 Å². The van der Waals surface area contributed by atoms with Crippen LogP contribution in [0.15, 0.2) is 60.7 Å². The van der Waals surface area contributed by atoms with Crippen LogP contribution in [0.1, 0.15) is 40.1 Å². The Balaban J connectivity index is 1.24. The summed E-state index contributed by atoms with van der Waals surface area (Å²) in [4.78, 5) is 57.6. The molecule has 214 valence electrons. The van der Waals surface area contributed by atoms with Gasteiger partial charge in [0.1, 0.15) is 29.4 Å². The van der Waals surface area contributed by atoms with Gasteiger partial charge in [-0.15, -0.1) is 0 Å². The van der Waals surface area contributed by atoms with E-state index in [2.05, 4.69) is 20.7 Å². The predicted octanol–water partition coefficient (Wildman–Crippen LogP) is 3.59. The first kappa shape index (κ1) is 27.3. The lowest BCUT2D eigenvalue weighted by Gasteiger charge is -2.34. The molecule has 0 radical (unpaired) electrons. The third kappa shape index (κ3) is 5.16. The molecule has 4 amide bonds. The van der Waals surface area contributed by atoms with Crippen LogP contribution in [0, 0.1) is 11.7 Å². The summed E-state index contributed by atoms with van der Waals surface area (Å²) in [5.41, 5.74) is 6.58. The van der Waals surface area contributed by atoms with Gasteiger partial charge in [-0.3, -0.25) is 23.9 Å². The highest BCUT2D eigenvalue weighted by molar-refractivity contribution is 6.29. The van der Waals surface area contributed by atoms with Crippen LogP contribution in [0.4, 0.5) is 15.9 Å². The summed E-state index contributed by atoms with van der Waals surface area (Å²) in [6.07, 6.45) is 2.34. The molecule has 2 aromatic heterocycles. The summed E-state index contributed by atoms with van der Waals surface area (Å²) in [7, 11) is 0. The van der Waals surface area contributed by atoms with Crippen LogP contribution in [-0.2, 0) is 16.1 Å². The molecule has 42 heavy (non-hydrogen) atoms. The van der Waals surface area contributed by atoms with Gasteiger partial charge in [0.15, 0.2) is 5.69 Å². The summed E-state index contributed by atoms with van der Waals surface area (Å²) in [5.74, 6) is -2.09. The second kappa shape index (κ2) is 10.9. The average molecular weight is 590 g/mol. The number of primary amides is 1. The fourth-order valence-electron chi connectivity index (χ4n) is 5.94. The summed E-state index contributed by atoms with van der Waals surface area (Å²) in [5, 5.41) is 10.4. The molecular weight excluding hydrogens is 565 g/mol. The molecule has 1 saturated carbocycles. The number of hydrogen-bond donors (Lipinski definition) is 3. The number of pyridine rings is 1. The smallest absolute Gasteiger partial charge is 0.269 e. The molecule has 2 aliphatic rings. The van der Waals surface area contributed by atoms with Crippen molar-refractivity contribution in [2.75, 3.05) is 10.6 Å². The van der Waals surface area contributed by atoms with E-state index in [1.165, 1.54) is 35.0 Å². The lowest BCUT2D eigenvalue weighted by molar-refractivity contribution is -0.141. The fourth-order valence-corrected chi connectivity index (χ4v) is 6.10. The largest absolute Gasteiger partial charge is 0.364 e. The Bertz CT molecular complexity index is 1740. The van der Waals surface area contributed by atoms with E-state index in [4.69, 9.17) is 17.3 Å². The zero-order valence-corrected chi connectivity index (χ0v) is 22.8. The number of hydrogen-bond acceptors (Lipinski definition) is 6. The van der Waals surface area contributed by atoms with E-state index in [1.807, 2.05) is 0 Å². The second-order valence-corrected chi connectivity index (χ2v) is 10.8. The first-order valence-electron chi connectivity index (χ1n) is 13.3. The van der Waals surface area contributed by atoms with Gasteiger partial charge in [-0.2, -0.15) is 5.10 Å². The predicted molar refractivity (Wildman–Crippen MR) is 152 cm³/mol. The molecule has 0 spiro atoms. The highest BCUT2D eigenvalue weighted by Gasteiger charge is 2.51. The number of fused-ring (bicyclic) bond motifs is 3. The molecule has 2 fully saturated rings. The summed E-state index contributed by atoms with van der Waals surface area (Å²) in [6, 6.07) is 14.0. The Morgan fingerprint density at radius 1 is 1.02 bits per heavy atom. The van der Waals surface area contributed by atoms with Crippen LogP contribution in [0.25, 0.3) is 10.9 Å². The number of nitrogens with zero attached hydrogens (tertiary/aromatic N) is 4. The lowest BCUT2D eigenvalue weighted by atomic mass is 9.97. The standard InChI is InChI=1S/C29H25ClFN7O4/c30-22-2-1-3-23(34-22)35-29(42)26-16-6-10-19(12-16)38(26)24(39)14-37-21-11-9-18(13-20(21)25(36-37)27(32)40)33-28(41)15-4-7-17(31)8-5-15/h1-5,7-9,11,13,16,19,26H,6,10,12,14H2,(H2,32,40)(H,33,41)(H,34,35,42)/t16-,19+,26-/m0/s1. The van der Waals surface area contributed by atoms with Gasteiger partial charge in [0, 0.05) is 22.7 Å². The van der Waals surface area contributed by atoms with Gasteiger partial charge in [0.25, 0.3) is 11.8 Å². The topological polar surface area (TPSA) is 152 Å². The van der Waals surface area contributed by atoms with Crippen molar-refractivity contribution in [1.82, 2.24) is 19.7 Å². The molecule has 4 aromatic rings. The average Bonchev–Trinajstić information content (AvgIpc) is 3.67. The Morgan fingerprint density at radius 3 is 2.55 bits per heavy atom. The van der Waals surface area contributed by atoms with Crippen molar-refractivity contribution in [3.8, 4) is 0 Å². The number of nitrogens with two attached hydrogens (primary N) is 1. The van der Waals surface area contributed by atoms with Crippen LogP contribution in [0.2, 0.25) is 5.15 Å². The van der Waals surface area contributed by atoms with Crippen LogP contribution in [0.3, 0.4) is 0 Å². The van der Waals surface area contributed by atoms with Gasteiger partial charge in [-0.25, -0.2) is 9.37 Å². The van der Waals surface area contributed by atoms with Crippen LogP contribution in [0.5, 0.6) is 0 Å². The number of amides is 4. The molecule has 13 heteroatoms. The molecule has 11 nitrogen and oxygen atoms in total.